The van der Waals surface area contributed by atoms with E-state index in [-0.39, 0.29) is 0 Å². The summed E-state index contributed by atoms with van der Waals surface area (Å²) in [6.45, 7) is 0. The van der Waals surface area contributed by atoms with Crippen molar-refractivity contribution >= 4 is 34.5 Å². The monoisotopic (exact) mass is 346 g/mol. The van der Waals surface area contributed by atoms with Crippen LogP contribution < -0.4 is 5.32 Å². The lowest BCUT2D eigenvalue weighted by molar-refractivity contribution is 1.16. The third-order valence-electron chi connectivity index (χ3n) is 3.75. The minimum atomic E-state index is 0.644. The van der Waals surface area contributed by atoms with Crippen molar-refractivity contribution < 1.29 is 0 Å². The zero-order chi connectivity index (χ0) is 17.1. The van der Waals surface area contributed by atoms with Crippen LogP contribution in [0.1, 0.15) is 5.69 Å². The lowest BCUT2D eigenvalue weighted by Gasteiger charge is -2.10. The number of rotatable bonds is 3. The maximum atomic E-state index is 6.16. The van der Waals surface area contributed by atoms with Gasteiger partial charge in [-0.1, -0.05) is 48.0 Å². The molecule has 1 N–H and O–H groups in total. The molecule has 0 atom stereocenters. The highest BCUT2D eigenvalue weighted by molar-refractivity contribution is 6.30. The number of nitrogens with zero attached hydrogens (tertiary/aromatic N) is 3. The van der Waals surface area contributed by atoms with Gasteiger partial charge in [0.15, 0.2) is 5.84 Å². The quantitative estimate of drug-likeness (QED) is 0.410. The van der Waals surface area contributed by atoms with E-state index >= 15 is 0 Å². The number of amidine groups is 1. The maximum Gasteiger partial charge on any atom is 0.157 e. The summed E-state index contributed by atoms with van der Waals surface area (Å²) in [6, 6.07) is 23.5. The van der Waals surface area contributed by atoms with Crippen molar-refractivity contribution in [3.8, 4) is 0 Å². The summed E-state index contributed by atoms with van der Waals surface area (Å²) < 4.78 is 1.93. The van der Waals surface area contributed by atoms with Crippen molar-refractivity contribution in [1.29, 1.82) is 0 Å². The zero-order valence-corrected chi connectivity index (χ0v) is 14.1. The summed E-state index contributed by atoms with van der Waals surface area (Å²) in [7, 11) is 0. The van der Waals surface area contributed by atoms with E-state index in [2.05, 4.69) is 10.3 Å². The molecule has 0 radical (unpaired) electrons. The molecule has 0 unspecified atom stereocenters. The molecule has 2 aromatic heterocycles. The number of anilines is 1. The van der Waals surface area contributed by atoms with E-state index in [0.717, 1.165) is 22.7 Å². The largest absolute Gasteiger partial charge is 0.338 e. The molecule has 0 fully saturated rings. The van der Waals surface area contributed by atoms with E-state index in [1.165, 1.54) is 0 Å². The second-order valence-electron chi connectivity index (χ2n) is 5.51. The van der Waals surface area contributed by atoms with Crippen LogP contribution in [0.15, 0.2) is 90.2 Å². The molecule has 4 aromatic rings. The van der Waals surface area contributed by atoms with Crippen LogP contribution in [0.2, 0.25) is 5.02 Å². The van der Waals surface area contributed by atoms with Gasteiger partial charge in [-0.15, -0.1) is 0 Å². The molecular formula is C20H15ClN4. The molecule has 0 bridgehead atoms. The van der Waals surface area contributed by atoms with Crippen LogP contribution in [0, 0.1) is 0 Å². The van der Waals surface area contributed by atoms with Crippen LogP contribution >= 0.6 is 11.6 Å². The van der Waals surface area contributed by atoms with Gasteiger partial charge < -0.3 is 5.32 Å². The number of hydrogen-bond acceptors (Lipinski definition) is 2. The van der Waals surface area contributed by atoms with Crippen LogP contribution in [-0.2, 0) is 0 Å². The van der Waals surface area contributed by atoms with Gasteiger partial charge in [0.1, 0.15) is 11.3 Å². The van der Waals surface area contributed by atoms with Gasteiger partial charge in [-0.3, -0.25) is 4.40 Å². The highest BCUT2D eigenvalue weighted by Crippen LogP contribution is 2.18. The molecule has 122 valence electrons. The zero-order valence-electron chi connectivity index (χ0n) is 13.3. The summed E-state index contributed by atoms with van der Waals surface area (Å²) in [6.07, 6.45) is 3.63. The van der Waals surface area contributed by atoms with Gasteiger partial charge in [0.05, 0.1) is 16.9 Å². The second kappa shape index (κ2) is 6.79. The van der Waals surface area contributed by atoms with Gasteiger partial charge >= 0.3 is 0 Å². The molecule has 5 heteroatoms. The average molecular weight is 347 g/mol. The highest BCUT2D eigenvalue weighted by Gasteiger charge is 2.11. The highest BCUT2D eigenvalue weighted by atomic mass is 35.5. The lowest BCUT2D eigenvalue weighted by Crippen LogP contribution is -2.15. The minimum Gasteiger partial charge on any atom is -0.338 e. The predicted octanol–water partition coefficient (Wildman–Crippen LogP) is 5.18. The van der Waals surface area contributed by atoms with Crippen molar-refractivity contribution in [1.82, 2.24) is 9.38 Å². The maximum absolute atomic E-state index is 6.16. The molecule has 2 aromatic carbocycles. The van der Waals surface area contributed by atoms with Gasteiger partial charge in [0, 0.05) is 11.9 Å². The van der Waals surface area contributed by atoms with E-state index < -0.39 is 0 Å². The number of para-hydroxylation sites is 2. The summed E-state index contributed by atoms with van der Waals surface area (Å²) in [5, 5.41) is 4.03. The van der Waals surface area contributed by atoms with E-state index in [0.29, 0.717) is 10.9 Å². The Balaban J connectivity index is 1.84. The Morgan fingerprint density at radius 2 is 1.64 bits per heavy atom. The van der Waals surface area contributed by atoms with Crippen LogP contribution in [0.5, 0.6) is 0 Å². The van der Waals surface area contributed by atoms with Crippen LogP contribution in [-0.4, -0.2) is 15.2 Å². The van der Waals surface area contributed by atoms with E-state index in [4.69, 9.17) is 16.6 Å². The molecule has 0 spiro atoms. The lowest BCUT2D eigenvalue weighted by atomic mass is 10.3. The molecule has 4 nitrogen and oxygen atoms in total. The fourth-order valence-corrected chi connectivity index (χ4v) is 2.73. The van der Waals surface area contributed by atoms with Crippen molar-refractivity contribution in [2.24, 2.45) is 4.99 Å². The minimum absolute atomic E-state index is 0.644. The molecular weight excluding hydrogens is 332 g/mol. The number of hydrogen-bond donors (Lipinski definition) is 1. The summed E-state index contributed by atoms with van der Waals surface area (Å²) in [5.74, 6) is 0.701. The van der Waals surface area contributed by atoms with Gasteiger partial charge in [0.25, 0.3) is 0 Å². The standard InChI is InChI=1S/C20H15ClN4/c21-15-11-12-19-22-13-18(25(19)14-15)20(23-16-7-3-1-4-8-16)24-17-9-5-2-6-10-17/h1-14H,(H,23,24). The number of halogens is 1. The third kappa shape index (κ3) is 3.39. The first-order valence-corrected chi connectivity index (χ1v) is 8.26. The molecule has 0 saturated heterocycles. The third-order valence-corrected chi connectivity index (χ3v) is 3.97. The van der Waals surface area contributed by atoms with E-state index in [9.17, 15) is 0 Å². The summed E-state index contributed by atoms with van der Waals surface area (Å²) in [5.41, 5.74) is 3.47. The molecule has 0 aliphatic carbocycles. The van der Waals surface area contributed by atoms with Gasteiger partial charge in [-0.25, -0.2) is 9.98 Å². The average Bonchev–Trinajstić information content (AvgIpc) is 3.06. The second-order valence-corrected chi connectivity index (χ2v) is 5.94. The Labute approximate surface area is 150 Å². The van der Waals surface area contributed by atoms with E-state index in [1.54, 1.807) is 6.20 Å². The number of aliphatic imine (C=N–C) groups is 1. The Kier molecular flexibility index (Phi) is 4.19. The first-order valence-electron chi connectivity index (χ1n) is 7.88. The van der Waals surface area contributed by atoms with Gasteiger partial charge in [-0.05, 0) is 36.4 Å². The molecule has 0 amide bonds. The fraction of sp³-hybridized carbons (Fsp3) is 0. The molecule has 0 saturated carbocycles. The van der Waals surface area contributed by atoms with Gasteiger partial charge in [0.2, 0.25) is 0 Å². The molecule has 0 aliphatic heterocycles. The normalized spacial score (nSPS) is 11.6. The first-order chi connectivity index (χ1) is 12.3. The molecule has 0 aliphatic rings. The number of pyridine rings is 1. The van der Waals surface area contributed by atoms with Gasteiger partial charge in [-0.2, -0.15) is 0 Å². The van der Waals surface area contributed by atoms with Crippen LogP contribution in [0.25, 0.3) is 5.65 Å². The topological polar surface area (TPSA) is 41.7 Å². The Morgan fingerprint density at radius 3 is 2.40 bits per heavy atom. The Bertz CT molecular complexity index is 1020. The molecule has 2 heterocycles. The van der Waals surface area contributed by atoms with Crippen molar-refractivity contribution in [3.63, 3.8) is 0 Å². The number of nitrogens with one attached hydrogen (secondary N) is 1. The van der Waals surface area contributed by atoms with Crippen molar-refractivity contribution in [2.45, 2.75) is 0 Å². The number of imidazole rings is 1. The number of benzene rings is 2. The number of fused-ring (bicyclic) bond motifs is 1. The fourth-order valence-electron chi connectivity index (χ4n) is 2.57. The first kappa shape index (κ1) is 15.4. The van der Waals surface area contributed by atoms with Crippen molar-refractivity contribution in [3.05, 3.63) is 95.9 Å². The Hall–Kier alpha value is -3.11. The number of aromatic nitrogens is 2. The molecule has 25 heavy (non-hydrogen) atoms. The summed E-state index contributed by atoms with van der Waals surface area (Å²) >= 11 is 6.16. The van der Waals surface area contributed by atoms with Crippen LogP contribution in [0.3, 0.4) is 0 Å². The SMILES string of the molecule is Clc1ccc2ncc(C(=Nc3ccccc3)Nc3ccccc3)n2c1. The van der Waals surface area contributed by atoms with Crippen LogP contribution in [0.4, 0.5) is 11.4 Å². The summed E-state index contributed by atoms with van der Waals surface area (Å²) in [4.78, 5) is 9.23. The van der Waals surface area contributed by atoms with E-state index in [1.807, 2.05) is 83.4 Å². The Morgan fingerprint density at radius 1 is 0.920 bits per heavy atom. The molecule has 4 rings (SSSR count). The smallest absolute Gasteiger partial charge is 0.157 e. The predicted molar refractivity (Wildman–Crippen MR) is 103 cm³/mol. The van der Waals surface area contributed by atoms with Crippen molar-refractivity contribution in [2.75, 3.05) is 5.32 Å².